The summed E-state index contributed by atoms with van der Waals surface area (Å²) in [5.74, 6) is 0.989. The van der Waals surface area contributed by atoms with Gasteiger partial charge in [-0.1, -0.05) is 60.7 Å². The summed E-state index contributed by atoms with van der Waals surface area (Å²) in [4.78, 5) is 1.49. The molecule has 3 aromatic carbocycles. The maximum Gasteiger partial charge on any atom is 0.128 e. The summed E-state index contributed by atoms with van der Waals surface area (Å²) in [5.41, 5.74) is 2.70. The molecule has 0 bridgehead atoms. The highest BCUT2D eigenvalue weighted by molar-refractivity contribution is 5.87. The molecule has 0 aromatic heterocycles. The van der Waals surface area contributed by atoms with Crippen molar-refractivity contribution in [1.29, 1.82) is 0 Å². The standard InChI is InChI=1S/C21H23NO/c1-22(15-14-17-8-4-3-5-9-17)16-20-19-11-7-6-10-18(19)12-13-21(20)23-2/h3-13H,14-16H2,1-2H3/p+1. The zero-order valence-electron chi connectivity index (χ0n) is 13.9. The number of benzene rings is 3. The average molecular weight is 306 g/mol. The average Bonchev–Trinajstić information content (AvgIpc) is 2.61. The second-order valence-electron chi connectivity index (χ2n) is 6.09. The Morgan fingerprint density at radius 3 is 2.39 bits per heavy atom. The molecule has 3 aromatic rings. The highest BCUT2D eigenvalue weighted by Crippen LogP contribution is 2.27. The Hall–Kier alpha value is -2.32. The molecular formula is C21H24NO+. The molecule has 0 spiro atoms. The molecule has 118 valence electrons. The molecule has 0 radical (unpaired) electrons. The van der Waals surface area contributed by atoms with Gasteiger partial charge in [-0.15, -0.1) is 0 Å². The number of hydrogen-bond donors (Lipinski definition) is 1. The molecule has 0 amide bonds. The summed E-state index contributed by atoms with van der Waals surface area (Å²) in [7, 11) is 4.01. The zero-order chi connectivity index (χ0) is 16.1. The first-order valence-corrected chi connectivity index (χ1v) is 8.18. The highest BCUT2D eigenvalue weighted by atomic mass is 16.5. The third-order valence-corrected chi connectivity index (χ3v) is 4.38. The molecule has 0 fully saturated rings. The minimum Gasteiger partial charge on any atom is -0.496 e. The van der Waals surface area contributed by atoms with Gasteiger partial charge in [0.1, 0.15) is 12.3 Å². The van der Waals surface area contributed by atoms with E-state index in [4.69, 9.17) is 4.74 Å². The minimum absolute atomic E-state index is 0.970. The van der Waals surface area contributed by atoms with Crippen LogP contribution in [0.25, 0.3) is 10.8 Å². The summed E-state index contributed by atoms with van der Waals surface area (Å²) < 4.78 is 5.60. The molecule has 0 aliphatic rings. The number of rotatable bonds is 6. The summed E-state index contributed by atoms with van der Waals surface area (Å²) in [6.45, 7) is 2.08. The van der Waals surface area contributed by atoms with Crippen molar-refractivity contribution in [3.8, 4) is 5.75 Å². The van der Waals surface area contributed by atoms with Gasteiger partial charge in [-0.3, -0.25) is 0 Å². The van der Waals surface area contributed by atoms with Gasteiger partial charge in [-0.25, -0.2) is 0 Å². The number of nitrogens with one attached hydrogen (secondary N) is 1. The van der Waals surface area contributed by atoms with E-state index in [-0.39, 0.29) is 0 Å². The fourth-order valence-electron chi connectivity index (χ4n) is 3.08. The Bertz CT molecular complexity index is 767. The zero-order valence-corrected chi connectivity index (χ0v) is 13.9. The Morgan fingerprint density at radius 2 is 1.61 bits per heavy atom. The Balaban J connectivity index is 1.77. The number of fused-ring (bicyclic) bond motifs is 1. The van der Waals surface area contributed by atoms with Crippen LogP contribution in [0, 0.1) is 0 Å². The topological polar surface area (TPSA) is 13.7 Å². The normalized spacial score (nSPS) is 12.3. The van der Waals surface area contributed by atoms with Crippen LogP contribution in [0.15, 0.2) is 66.7 Å². The lowest BCUT2D eigenvalue weighted by atomic mass is 10.0. The molecule has 3 rings (SSSR count). The van der Waals surface area contributed by atoms with Gasteiger partial charge in [0, 0.05) is 6.42 Å². The van der Waals surface area contributed by atoms with Crippen LogP contribution in [-0.2, 0) is 13.0 Å². The van der Waals surface area contributed by atoms with Crippen molar-refractivity contribution >= 4 is 10.8 Å². The first-order valence-electron chi connectivity index (χ1n) is 8.18. The lowest BCUT2D eigenvalue weighted by molar-refractivity contribution is -0.893. The van der Waals surface area contributed by atoms with Crippen molar-refractivity contribution in [2.45, 2.75) is 13.0 Å². The lowest BCUT2D eigenvalue weighted by Crippen LogP contribution is -3.07. The van der Waals surface area contributed by atoms with Crippen LogP contribution in [0.3, 0.4) is 0 Å². The molecule has 2 nitrogen and oxygen atoms in total. The van der Waals surface area contributed by atoms with Gasteiger partial charge in [-0.05, 0) is 22.4 Å². The molecular weight excluding hydrogens is 282 g/mol. The molecule has 23 heavy (non-hydrogen) atoms. The number of ether oxygens (including phenoxy) is 1. The van der Waals surface area contributed by atoms with E-state index in [1.54, 1.807) is 7.11 Å². The maximum absolute atomic E-state index is 5.60. The third kappa shape index (κ3) is 3.72. The Labute approximate surface area is 138 Å². The maximum atomic E-state index is 5.60. The van der Waals surface area contributed by atoms with Crippen LogP contribution in [0.5, 0.6) is 5.75 Å². The van der Waals surface area contributed by atoms with E-state index >= 15 is 0 Å². The van der Waals surface area contributed by atoms with Crippen LogP contribution in [0.2, 0.25) is 0 Å². The molecule has 1 N–H and O–H groups in total. The quantitative estimate of drug-likeness (QED) is 0.739. The van der Waals surface area contributed by atoms with Crippen LogP contribution in [0.1, 0.15) is 11.1 Å². The van der Waals surface area contributed by atoms with E-state index in [0.717, 1.165) is 25.3 Å². The van der Waals surface area contributed by atoms with E-state index in [2.05, 4.69) is 73.8 Å². The minimum atomic E-state index is 0.970. The molecule has 0 heterocycles. The molecule has 0 saturated heterocycles. The summed E-state index contributed by atoms with van der Waals surface area (Å²) in [5, 5.41) is 2.57. The number of methoxy groups -OCH3 is 1. The van der Waals surface area contributed by atoms with Gasteiger partial charge in [0.2, 0.25) is 0 Å². The predicted octanol–water partition coefficient (Wildman–Crippen LogP) is 3.11. The molecule has 2 heteroatoms. The van der Waals surface area contributed by atoms with E-state index in [1.165, 1.54) is 26.8 Å². The van der Waals surface area contributed by atoms with E-state index < -0.39 is 0 Å². The van der Waals surface area contributed by atoms with Crippen LogP contribution < -0.4 is 9.64 Å². The SMILES string of the molecule is COc1ccc2ccccc2c1C[NH+](C)CCc1ccccc1. The Morgan fingerprint density at radius 1 is 0.870 bits per heavy atom. The third-order valence-electron chi connectivity index (χ3n) is 4.38. The van der Waals surface area contributed by atoms with Crippen molar-refractivity contribution in [3.63, 3.8) is 0 Å². The van der Waals surface area contributed by atoms with Crippen LogP contribution in [0.4, 0.5) is 0 Å². The largest absolute Gasteiger partial charge is 0.496 e. The van der Waals surface area contributed by atoms with Crippen LogP contribution >= 0.6 is 0 Å². The van der Waals surface area contributed by atoms with E-state index in [1.807, 2.05) is 0 Å². The van der Waals surface area contributed by atoms with Gasteiger partial charge in [0.05, 0.1) is 26.3 Å². The van der Waals surface area contributed by atoms with Gasteiger partial charge >= 0.3 is 0 Å². The summed E-state index contributed by atoms with van der Waals surface area (Å²) in [6.07, 6.45) is 1.10. The molecule has 0 aliphatic heterocycles. The van der Waals surface area contributed by atoms with Gasteiger partial charge in [0.15, 0.2) is 0 Å². The molecule has 1 atom stereocenters. The second-order valence-corrected chi connectivity index (χ2v) is 6.09. The number of hydrogen-bond acceptors (Lipinski definition) is 1. The number of likely N-dealkylation sites (N-methyl/N-ethyl adjacent to an activating group) is 1. The number of quaternary nitrogens is 1. The van der Waals surface area contributed by atoms with Crippen molar-refractivity contribution in [1.82, 2.24) is 0 Å². The van der Waals surface area contributed by atoms with Crippen LogP contribution in [-0.4, -0.2) is 20.7 Å². The predicted molar refractivity (Wildman–Crippen MR) is 96.1 cm³/mol. The monoisotopic (exact) mass is 306 g/mol. The summed E-state index contributed by atoms with van der Waals surface area (Å²) in [6, 6.07) is 23.5. The van der Waals surface area contributed by atoms with Crippen molar-refractivity contribution in [3.05, 3.63) is 77.9 Å². The van der Waals surface area contributed by atoms with Crippen molar-refractivity contribution in [2.24, 2.45) is 0 Å². The summed E-state index contributed by atoms with van der Waals surface area (Å²) >= 11 is 0. The van der Waals surface area contributed by atoms with E-state index in [9.17, 15) is 0 Å². The van der Waals surface area contributed by atoms with Gasteiger partial charge in [0.25, 0.3) is 0 Å². The van der Waals surface area contributed by atoms with E-state index in [0.29, 0.717) is 0 Å². The second kappa shape index (κ2) is 7.30. The molecule has 1 unspecified atom stereocenters. The molecule has 0 aliphatic carbocycles. The highest BCUT2D eigenvalue weighted by Gasteiger charge is 2.13. The lowest BCUT2D eigenvalue weighted by Gasteiger charge is -2.18. The first-order chi connectivity index (χ1) is 11.3. The smallest absolute Gasteiger partial charge is 0.128 e. The van der Waals surface area contributed by atoms with Crippen molar-refractivity contribution in [2.75, 3.05) is 20.7 Å². The van der Waals surface area contributed by atoms with Crippen molar-refractivity contribution < 1.29 is 9.64 Å². The Kier molecular flexibility index (Phi) is 4.94. The first kappa shape index (κ1) is 15.6. The van der Waals surface area contributed by atoms with Gasteiger partial charge < -0.3 is 9.64 Å². The molecule has 0 saturated carbocycles. The fraction of sp³-hybridized carbons (Fsp3) is 0.238. The fourth-order valence-corrected chi connectivity index (χ4v) is 3.08. The van der Waals surface area contributed by atoms with Gasteiger partial charge in [-0.2, -0.15) is 0 Å².